The number of rotatable bonds is 3. The van der Waals surface area contributed by atoms with Crippen LogP contribution in [0, 0.1) is 5.92 Å². The molecule has 3 heteroatoms. The molecule has 1 atom stereocenters. The summed E-state index contributed by atoms with van der Waals surface area (Å²) in [5.41, 5.74) is 2.74. The Morgan fingerprint density at radius 3 is 2.81 bits per heavy atom. The van der Waals surface area contributed by atoms with Crippen LogP contribution in [-0.2, 0) is 11.2 Å². The molecule has 1 N–H and O–H groups in total. The van der Waals surface area contributed by atoms with E-state index in [0.717, 1.165) is 38.8 Å². The van der Waals surface area contributed by atoms with E-state index in [9.17, 15) is 4.79 Å². The fraction of sp³-hybridized carbons (Fsp3) is 0.611. The predicted molar refractivity (Wildman–Crippen MR) is 85.1 cm³/mol. The number of hydrogen-bond acceptors (Lipinski definition) is 2. The summed E-state index contributed by atoms with van der Waals surface area (Å²) >= 11 is 0. The fourth-order valence-electron chi connectivity index (χ4n) is 3.69. The number of carbonyl (C=O) groups excluding carboxylic acids is 1. The number of likely N-dealkylation sites (tertiary alicyclic amines) is 1. The van der Waals surface area contributed by atoms with Crippen molar-refractivity contribution in [3.05, 3.63) is 35.4 Å². The van der Waals surface area contributed by atoms with E-state index >= 15 is 0 Å². The van der Waals surface area contributed by atoms with Gasteiger partial charge in [-0.2, -0.15) is 0 Å². The summed E-state index contributed by atoms with van der Waals surface area (Å²) < 4.78 is 0. The van der Waals surface area contributed by atoms with Crippen LogP contribution < -0.4 is 5.32 Å². The second-order valence-electron chi connectivity index (χ2n) is 6.66. The first-order valence-corrected chi connectivity index (χ1v) is 8.28. The molecule has 0 bridgehead atoms. The Labute approximate surface area is 127 Å². The average molecular weight is 286 g/mol. The normalized spacial score (nSPS) is 23.6. The van der Waals surface area contributed by atoms with Crippen molar-refractivity contribution < 1.29 is 4.79 Å². The number of nitrogens with zero attached hydrogens (tertiary/aromatic N) is 1. The quantitative estimate of drug-likeness (QED) is 0.926. The molecule has 2 aliphatic rings. The minimum Gasteiger partial charge on any atom is -0.349 e. The van der Waals surface area contributed by atoms with Crippen molar-refractivity contribution in [3.63, 3.8) is 0 Å². The van der Waals surface area contributed by atoms with E-state index in [1.54, 1.807) is 0 Å². The number of benzene rings is 1. The molecule has 0 aromatic heterocycles. The lowest BCUT2D eigenvalue weighted by Crippen LogP contribution is -2.35. The molecule has 1 heterocycles. The molecule has 1 aliphatic heterocycles. The van der Waals surface area contributed by atoms with E-state index in [0.29, 0.717) is 12.3 Å². The van der Waals surface area contributed by atoms with Gasteiger partial charge in [0.25, 0.3) is 0 Å². The Morgan fingerprint density at radius 2 is 2.00 bits per heavy atom. The Morgan fingerprint density at radius 1 is 1.24 bits per heavy atom. The number of hydrogen-bond donors (Lipinski definition) is 1. The molecule has 0 radical (unpaired) electrons. The van der Waals surface area contributed by atoms with Crippen molar-refractivity contribution in [2.24, 2.45) is 5.92 Å². The van der Waals surface area contributed by atoms with Crippen LogP contribution in [0.5, 0.6) is 0 Å². The second kappa shape index (κ2) is 6.61. The van der Waals surface area contributed by atoms with E-state index < -0.39 is 0 Å². The maximum absolute atomic E-state index is 12.3. The van der Waals surface area contributed by atoms with Gasteiger partial charge in [-0.1, -0.05) is 24.3 Å². The molecule has 1 aromatic rings. The molecule has 3 rings (SSSR count). The minimum absolute atomic E-state index is 0.230. The highest BCUT2D eigenvalue weighted by Gasteiger charge is 2.24. The van der Waals surface area contributed by atoms with Crippen LogP contribution >= 0.6 is 0 Å². The van der Waals surface area contributed by atoms with Crippen LogP contribution in [0.15, 0.2) is 24.3 Å². The molecule has 1 fully saturated rings. The topological polar surface area (TPSA) is 32.3 Å². The van der Waals surface area contributed by atoms with Crippen molar-refractivity contribution in [1.29, 1.82) is 0 Å². The average Bonchev–Trinajstić information content (AvgIpc) is 2.50. The third-order valence-corrected chi connectivity index (χ3v) is 5.02. The molecular formula is C18H26N2O. The summed E-state index contributed by atoms with van der Waals surface area (Å²) in [6, 6.07) is 8.79. The molecule has 21 heavy (non-hydrogen) atoms. The number of fused-ring (bicyclic) bond motifs is 1. The monoisotopic (exact) mass is 286 g/mol. The van der Waals surface area contributed by atoms with Gasteiger partial charge in [-0.15, -0.1) is 0 Å². The summed E-state index contributed by atoms with van der Waals surface area (Å²) in [6.45, 7) is 2.26. The van der Waals surface area contributed by atoms with Crippen molar-refractivity contribution in [2.75, 3.05) is 20.1 Å². The highest BCUT2D eigenvalue weighted by molar-refractivity contribution is 5.76. The van der Waals surface area contributed by atoms with Gasteiger partial charge in [-0.25, -0.2) is 0 Å². The first kappa shape index (κ1) is 14.6. The van der Waals surface area contributed by atoms with Gasteiger partial charge < -0.3 is 10.2 Å². The zero-order valence-corrected chi connectivity index (χ0v) is 13.0. The molecular weight excluding hydrogens is 260 g/mol. The highest BCUT2D eigenvalue weighted by Crippen LogP contribution is 2.30. The van der Waals surface area contributed by atoms with Crippen LogP contribution in [0.2, 0.25) is 0 Å². The van der Waals surface area contributed by atoms with Crippen molar-refractivity contribution >= 4 is 5.91 Å². The molecule has 1 aliphatic carbocycles. The van der Waals surface area contributed by atoms with Crippen molar-refractivity contribution in [2.45, 2.75) is 44.6 Å². The van der Waals surface area contributed by atoms with Gasteiger partial charge in [0.05, 0.1) is 6.04 Å². The highest BCUT2D eigenvalue weighted by atomic mass is 16.1. The summed E-state index contributed by atoms with van der Waals surface area (Å²) in [4.78, 5) is 14.7. The number of carbonyl (C=O) groups is 1. The Hall–Kier alpha value is -1.35. The van der Waals surface area contributed by atoms with Crippen LogP contribution in [0.1, 0.15) is 49.3 Å². The zero-order chi connectivity index (χ0) is 14.7. The van der Waals surface area contributed by atoms with Gasteiger partial charge in [-0.05, 0) is 69.3 Å². The van der Waals surface area contributed by atoms with Crippen LogP contribution in [0.3, 0.4) is 0 Å². The number of amides is 1. The van der Waals surface area contributed by atoms with Crippen molar-refractivity contribution in [1.82, 2.24) is 10.2 Å². The van der Waals surface area contributed by atoms with Gasteiger partial charge in [0, 0.05) is 6.42 Å². The third-order valence-electron chi connectivity index (χ3n) is 5.02. The number of piperidine rings is 1. The van der Waals surface area contributed by atoms with E-state index in [4.69, 9.17) is 0 Å². The Bertz CT molecular complexity index is 492. The van der Waals surface area contributed by atoms with Gasteiger partial charge >= 0.3 is 0 Å². The Kier molecular flexibility index (Phi) is 4.59. The van der Waals surface area contributed by atoms with Crippen LogP contribution in [0.25, 0.3) is 0 Å². The molecule has 1 saturated heterocycles. The Balaban J connectivity index is 1.56. The lowest BCUT2D eigenvalue weighted by atomic mass is 9.87. The standard InChI is InChI=1S/C18H26N2O/c1-20-11-9-14(10-12-20)13-18(21)19-17-8-4-6-15-5-2-3-7-16(15)17/h2-3,5,7,14,17H,4,6,8-13H2,1H3,(H,19,21)/t17-/m1/s1. The van der Waals surface area contributed by atoms with Crippen LogP contribution in [0.4, 0.5) is 0 Å². The molecule has 0 unspecified atom stereocenters. The number of aryl methyl sites for hydroxylation is 1. The SMILES string of the molecule is CN1CCC(CC(=O)N[C@@H]2CCCc3ccccc32)CC1. The fourth-order valence-corrected chi connectivity index (χ4v) is 3.69. The van der Waals surface area contributed by atoms with E-state index in [2.05, 4.69) is 41.5 Å². The summed E-state index contributed by atoms with van der Waals surface area (Å²) in [5, 5.41) is 3.28. The summed E-state index contributed by atoms with van der Waals surface area (Å²) in [7, 11) is 2.16. The maximum Gasteiger partial charge on any atom is 0.220 e. The predicted octanol–water partition coefficient (Wildman–Crippen LogP) is 2.91. The van der Waals surface area contributed by atoms with Gasteiger partial charge in [0.2, 0.25) is 5.91 Å². The molecule has 114 valence electrons. The van der Waals surface area contributed by atoms with Crippen LogP contribution in [-0.4, -0.2) is 30.9 Å². The molecule has 0 spiro atoms. The summed E-state index contributed by atoms with van der Waals surface area (Å²) in [5.74, 6) is 0.811. The van der Waals surface area contributed by atoms with Gasteiger partial charge in [0.15, 0.2) is 0 Å². The zero-order valence-electron chi connectivity index (χ0n) is 13.0. The first-order chi connectivity index (χ1) is 10.2. The lowest BCUT2D eigenvalue weighted by Gasteiger charge is -2.30. The van der Waals surface area contributed by atoms with E-state index in [1.165, 1.54) is 17.5 Å². The molecule has 1 amide bonds. The molecule has 1 aromatic carbocycles. The first-order valence-electron chi connectivity index (χ1n) is 8.28. The molecule has 3 nitrogen and oxygen atoms in total. The largest absolute Gasteiger partial charge is 0.349 e. The minimum atomic E-state index is 0.230. The summed E-state index contributed by atoms with van der Waals surface area (Å²) in [6.07, 6.45) is 6.42. The van der Waals surface area contributed by atoms with Gasteiger partial charge in [-0.3, -0.25) is 4.79 Å². The van der Waals surface area contributed by atoms with E-state index in [1.807, 2.05) is 0 Å². The lowest BCUT2D eigenvalue weighted by molar-refractivity contribution is -0.123. The maximum atomic E-state index is 12.3. The van der Waals surface area contributed by atoms with Crippen molar-refractivity contribution in [3.8, 4) is 0 Å². The van der Waals surface area contributed by atoms with Gasteiger partial charge in [0.1, 0.15) is 0 Å². The van der Waals surface area contributed by atoms with E-state index in [-0.39, 0.29) is 11.9 Å². The smallest absolute Gasteiger partial charge is 0.220 e. The second-order valence-corrected chi connectivity index (χ2v) is 6.66. The molecule has 0 saturated carbocycles. The third kappa shape index (κ3) is 3.65. The number of nitrogens with one attached hydrogen (secondary N) is 1.